The molecule has 0 atom stereocenters. The van der Waals surface area contributed by atoms with Crippen LogP contribution < -0.4 is 4.90 Å². The highest BCUT2D eigenvalue weighted by molar-refractivity contribution is 7.17. The summed E-state index contributed by atoms with van der Waals surface area (Å²) in [4.78, 5) is 27.2. The molecule has 146 valence electrons. The first-order valence-electron chi connectivity index (χ1n) is 9.65. The Labute approximate surface area is 177 Å². The van der Waals surface area contributed by atoms with Crippen molar-refractivity contribution in [3.8, 4) is 11.1 Å². The van der Waals surface area contributed by atoms with E-state index in [1.807, 2.05) is 27.8 Å². The van der Waals surface area contributed by atoms with Gasteiger partial charge in [-0.25, -0.2) is 9.97 Å². The molecule has 1 aliphatic heterocycles. The quantitative estimate of drug-likeness (QED) is 0.479. The van der Waals surface area contributed by atoms with Crippen LogP contribution in [-0.2, 0) is 0 Å². The normalized spacial score (nSPS) is 14.9. The third-order valence-corrected chi connectivity index (χ3v) is 6.86. The van der Waals surface area contributed by atoms with Crippen LogP contribution in [0.1, 0.15) is 16.8 Å². The van der Waals surface area contributed by atoms with Crippen molar-refractivity contribution in [2.24, 2.45) is 0 Å². The van der Waals surface area contributed by atoms with Gasteiger partial charge in [-0.05, 0) is 23.4 Å². The van der Waals surface area contributed by atoms with Gasteiger partial charge < -0.3 is 9.80 Å². The SMILES string of the molecule is O=C(c1ccsc1)N1CCCN(c2ncnc3scc(-c4ccccc4)c23)CC1. The molecule has 0 aliphatic carbocycles. The summed E-state index contributed by atoms with van der Waals surface area (Å²) < 4.78 is 0. The van der Waals surface area contributed by atoms with Gasteiger partial charge in [0, 0.05) is 42.5 Å². The number of anilines is 1. The second-order valence-electron chi connectivity index (χ2n) is 7.04. The molecule has 1 aromatic carbocycles. The Bertz CT molecular complexity index is 1120. The molecule has 0 spiro atoms. The Balaban J connectivity index is 1.45. The zero-order valence-corrected chi connectivity index (χ0v) is 17.5. The van der Waals surface area contributed by atoms with E-state index in [1.54, 1.807) is 29.0 Å². The van der Waals surface area contributed by atoms with Gasteiger partial charge in [0.05, 0.1) is 10.9 Å². The fraction of sp³-hybridized carbons (Fsp3) is 0.227. The van der Waals surface area contributed by atoms with Crippen LogP contribution in [0.25, 0.3) is 21.3 Å². The molecule has 3 aromatic heterocycles. The molecule has 4 heterocycles. The number of hydrogen-bond donors (Lipinski definition) is 0. The van der Waals surface area contributed by atoms with E-state index in [4.69, 9.17) is 0 Å². The molecule has 1 amide bonds. The van der Waals surface area contributed by atoms with Crippen molar-refractivity contribution in [1.82, 2.24) is 14.9 Å². The van der Waals surface area contributed by atoms with Crippen molar-refractivity contribution in [3.63, 3.8) is 0 Å². The Morgan fingerprint density at radius 3 is 2.69 bits per heavy atom. The first-order chi connectivity index (χ1) is 14.3. The maximum absolute atomic E-state index is 12.8. The molecule has 4 aromatic rings. The molecule has 7 heteroatoms. The van der Waals surface area contributed by atoms with Crippen LogP contribution in [0.3, 0.4) is 0 Å². The number of aromatic nitrogens is 2. The van der Waals surface area contributed by atoms with Crippen molar-refractivity contribution in [3.05, 3.63) is 64.4 Å². The molecule has 0 radical (unpaired) electrons. The summed E-state index contributed by atoms with van der Waals surface area (Å²) in [7, 11) is 0. The number of benzene rings is 1. The summed E-state index contributed by atoms with van der Waals surface area (Å²) in [5.74, 6) is 1.10. The number of hydrogen-bond acceptors (Lipinski definition) is 6. The predicted octanol–water partition coefficient (Wildman–Crippen LogP) is 4.77. The van der Waals surface area contributed by atoms with Crippen LogP contribution in [0.5, 0.6) is 0 Å². The summed E-state index contributed by atoms with van der Waals surface area (Å²) in [5.41, 5.74) is 3.15. The lowest BCUT2D eigenvalue weighted by Crippen LogP contribution is -2.35. The Morgan fingerprint density at radius 1 is 0.966 bits per heavy atom. The number of nitrogens with zero attached hydrogens (tertiary/aromatic N) is 4. The zero-order chi connectivity index (χ0) is 19.6. The van der Waals surface area contributed by atoms with E-state index in [0.29, 0.717) is 6.54 Å². The Morgan fingerprint density at radius 2 is 1.86 bits per heavy atom. The van der Waals surface area contributed by atoms with Crippen molar-refractivity contribution in [2.45, 2.75) is 6.42 Å². The summed E-state index contributed by atoms with van der Waals surface area (Å²) in [6, 6.07) is 12.3. The highest BCUT2D eigenvalue weighted by Gasteiger charge is 2.23. The highest BCUT2D eigenvalue weighted by atomic mass is 32.1. The molecule has 29 heavy (non-hydrogen) atoms. The van der Waals surface area contributed by atoms with Crippen molar-refractivity contribution in [2.75, 3.05) is 31.1 Å². The van der Waals surface area contributed by atoms with E-state index < -0.39 is 0 Å². The fourth-order valence-corrected chi connectivity index (χ4v) is 5.37. The van der Waals surface area contributed by atoms with Gasteiger partial charge >= 0.3 is 0 Å². The van der Waals surface area contributed by atoms with Crippen LogP contribution >= 0.6 is 22.7 Å². The van der Waals surface area contributed by atoms with E-state index in [9.17, 15) is 4.79 Å². The van der Waals surface area contributed by atoms with Crippen molar-refractivity contribution >= 4 is 44.6 Å². The predicted molar refractivity (Wildman–Crippen MR) is 120 cm³/mol. The number of amides is 1. The van der Waals surface area contributed by atoms with Gasteiger partial charge in [0.25, 0.3) is 5.91 Å². The molecule has 5 nitrogen and oxygen atoms in total. The van der Waals surface area contributed by atoms with Gasteiger partial charge in [-0.3, -0.25) is 4.79 Å². The molecular formula is C22H20N4OS2. The third-order valence-electron chi connectivity index (χ3n) is 5.29. The molecule has 1 saturated heterocycles. The van der Waals surface area contributed by atoms with Crippen LogP contribution in [0.15, 0.2) is 58.9 Å². The maximum atomic E-state index is 12.8. The minimum absolute atomic E-state index is 0.126. The summed E-state index contributed by atoms with van der Waals surface area (Å²) in [6.07, 6.45) is 2.58. The van der Waals surface area contributed by atoms with E-state index >= 15 is 0 Å². The summed E-state index contributed by atoms with van der Waals surface area (Å²) >= 11 is 3.22. The molecule has 0 bridgehead atoms. The minimum atomic E-state index is 0.126. The Hall–Kier alpha value is -2.77. The average Bonchev–Trinajstić information content (AvgIpc) is 3.39. The third kappa shape index (κ3) is 3.52. The second-order valence-corrected chi connectivity index (χ2v) is 8.68. The standard InChI is InChI=1S/C22H20N4OS2/c27-22(17-7-12-28-13-17)26-9-4-8-25(10-11-26)20-19-18(16-5-2-1-3-6-16)14-29-21(19)24-15-23-20/h1-3,5-7,12-15H,4,8-11H2. The number of fused-ring (bicyclic) bond motifs is 1. The molecule has 0 unspecified atom stereocenters. The lowest BCUT2D eigenvalue weighted by Gasteiger charge is -2.23. The largest absolute Gasteiger partial charge is 0.354 e. The number of carbonyl (C=O) groups is 1. The van der Waals surface area contributed by atoms with Gasteiger partial charge in [-0.2, -0.15) is 11.3 Å². The number of carbonyl (C=O) groups excluding carboxylic acids is 1. The van der Waals surface area contributed by atoms with Crippen LogP contribution in [-0.4, -0.2) is 47.0 Å². The molecular weight excluding hydrogens is 400 g/mol. The molecule has 0 saturated carbocycles. The molecule has 5 rings (SSSR count). The molecule has 1 fully saturated rings. The Kier molecular flexibility index (Phi) is 4.99. The average molecular weight is 421 g/mol. The van der Waals surface area contributed by atoms with E-state index in [2.05, 4.69) is 44.5 Å². The second kappa shape index (κ2) is 7.93. The van der Waals surface area contributed by atoms with Gasteiger partial charge in [-0.1, -0.05) is 30.3 Å². The number of thiophene rings is 2. The molecule has 0 N–H and O–H groups in total. The topological polar surface area (TPSA) is 49.3 Å². The number of rotatable bonds is 3. The molecule has 1 aliphatic rings. The first kappa shape index (κ1) is 18.3. The van der Waals surface area contributed by atoms with Gasteiger partial charge in [0.15, 0.2) is 0 Å². The maximum Gasteiger partial charge on any atom is 0.254 e. The van der Waals surface area contributed by atoms with Gasteiger partial charge in [0.2, 0.25) is 0 Å². The van der Waals surface area contributed by atoms with Gasteiger partial charge in [0.1, 0.15) is 17.0 Å². The monoisotopic (exact) mass is 420 g/mol. The summed E-state index contributed by atoms with van der Waals surface area (Å²) in [6.45, 7) is 3.12. The first-order valence-corrected chi connectivity index (χ1v) is 11.5. The smallest absolute Gasteiger partial charge is 0.254 e. The van der Waals surface area contributed by atoms with Crippen LogP contribution in [0.2, 0.25) is 0 Å². The van der Waals surface area contributed by atoms with Crippen molar-refractivity contribution in [1.29, 1.82) is 0 Å². The van der Waals surface area contributed by atoms with Crippen LogP contribution in [0.4, 0.5) is 5.82 Å². The van der Waals surface area contributed by atoms with E-state index in [1.165, 1.54) is 11.1 Å². The highest BCUT2D eigenvalue weighted by Crippen LogP contribution is 2.38. The van der Waals surface area contributed by atoms with Crippen LogP contribution in [0, 0.1) is 0 Å². The summed E-state index contributed by atoms with van der Waals surface area (Å²) in [5, 5.41) is 7.16. The zero-order valence-electron chi connectivity index (χ0n) is 15.8. The lowest BCUT2D eigenvalue weighted by molar-refractivity contribution is 0.0767. The van der Waals surface area contributed by atoms with Gasteiger partial charge in [-0.15, -0.1) is 11.3 Å². The lowest BCUT2D eigenvalue weighted by atomic mass is 10.1. The van der Waals surface area contributed by atoms with Crippen molar-refractivity contribution < 1.29 is 4.79 Å². The fourth-order valence-electron chi connectivity index (χ4n) is 3.83. The minimum Gasteiger partial charge on any atom is -0.354 e. The van der Waals surface area contributed by atoms with E-state index in [-0.39, 0.29) is 5.91 Å². The van der Waals surface area contributed by atoms with E-state index in [0.717, 1.165) is 47.7 Å².